The lowest BCUT2D eigenvalue weighted by molar-refractivity contribution is -0.131. The number of aromatic hydroxyl groups is 1. The van der Waals surface area contributed by atoms with Gasteiger partial charge in [0.25, 0.3) is 5.56 Å². The number of anilines is 1. The lowest BCUT2D eigenvalue weighted by Crippen LogP contribution is -2.48. The maximum absolute atomic E-state index is 14.0. The molecule has 0 saturated carbocycles. The molecule has 1 aliphatic heterocycles. The second-order valence-corrected chi connectivity index (χ2v) is 11.5. The number of amides is 1. The number of aromatic nitrogens is 3. The fraction of sp³-hybridized carbons (Fsp3) is 0.281. The van der Waals surface area contributed by atoms with Crippen LogP contribution in [-0.2, 0) is 17.8 Å². The molecule has 0 atom stereocenters. The minimum absolute atomic E-state index is 0.0355. The topological polar surface area (TPSA) is 94.5 Å². The molecule has 42 heavy (non-hydrogen) atoms. The zero-order valence-corrected chi connectivity index (χ0v) is 23.9. The maximum Gasteiger partial charge on any atom is 0.262 e. The smallest absolute Gasteiger partial charge is 0.262 e. The number of phenolic OH excluding ortho intramolecular Hbond substituents is 1. The first-order chi connectivity index (χ1) is 20.5. The van der Waals surface area contributed by atoms with E-state index in [2.05, 4.69) is 16.0 Å². The second-order valence-electron chi connectivity index (χ2n) is 10.4. The Morgan fingerprint density at radius 1 is 1.00 bits per heavy atom. The van der Waals surface area contributed by atoms with Crippen LogP contribution >= 0.6 is 11.8 Å². The van der Waals surface area contributed by atoms with Gasteiger partial charge in [0.15, 0.2) is 5.16 Å². The van der Waals surface area contributed by atoms with Gasteiger partial charge in [0, 0.05) is 62.0 Å². The van der Waals surface area contributed by atoms with Crippen molar-refractivity contribution in [3.05, 3.63) is 94.7 Å². The summed E-state index contributed by atoms with van der Waals surface area (Å²) in [6.45, 7) is 2.73. The summed E-state index contributed by atoms with van der Waals surface area (Å²) in [5.41, 5.74) is 3.23. The highest BCUT2D eigenvalue weighted by Gasteiger charge is 2.22. The normalized spacial score (nSPS) is 13.7. The van der Waals surface area contributed by atoms with Crippen molar-refractivity contribution < 1.29 is 14.3 Å². The molecule has 1 saturated heterocycles. The molecular weight excluding hydrogens is 553 g/mol. The van der Waals surface area contributed by atoms with E-state index in [1.54, 1.807) is 22.8 Å². The van der Waals surface area contributed by atoms with E-state index < -0.39 is 5.82 Å². The van der Waals surface area contributed by atoms with Crippen LogP contribution in [0.2, 0.25) is 0 Å². The molecule has 0 spiro atoms. The monoisotopic (exact) mass is 585 g/mol. The second kappa shape index (κ2) is 12.3. The van der Waals surface area contributed by atoms with Crippen LogP contribution in [0.15, 0.2) is 82.9 Å². The van der Waals surface area contributed by atoms with Gasteiger partial charge in [-0.3, -0.25) is 14.2 Å². The lowest BCUT2D eigenvalue weighted by Gasteiger charge is -2.36. The molecule has 1 amide bonds. The van der Waals surface area contributed by atoms with E-state index in [4.69, 9.17) is 4.98 Å². The summed E-state index contributed by atoms with van der Waals surface area (Å²) in [6, 6.07) is 19.5. The van der Waals surface area contributed by atoms with Crippen LogP contribution in [0.4, 0.5) is 10.1 Å². The van der Waals surface area contributed by atoms with Crippen molar-refractivity contribution in [1.29, 1.82) is 0 Å². The molecule has 3 heterocycles. The molecule has 2 aromatic heterocycles. The summed E-state index contributed by atoms with van der Waals surface area (Å²) >= 11 is 1.50. The number of para-hydroxylation sites is 3. The van der Waals surface area contributed by atoms with Crippen LogP contribution < -0.4 is 10.5 Å². The zero-order chi connectivity index (χ0) is 29.1. The Morgan fingerprint density at radius 2 is 1.79 bits per heavy atom. The van der Waals surface area contributed by atoms with Gasteiger partial charge >= 0.3 is 0 Å². The summed E-state index contributed by atoms with van der Waals surface area (Å²) in [5, 5.41) is 12.1. The molecule has 3 aromatic carbocycles. The van der Waals surface area contributed by atoms with Gasteiger partial charge in [-0.15, -0.1) is 0 Å². The number of piperazine rings is 1. The van der Waals surface area contributed by atoms with Crippen LogP contribution in [0.25, 0.3) is 21.8 Å². The molecule has 2 N–H and O–H groups in total. The number of aromatic amines is 1. The van der Waals surface area contributed by atoms with E-state index in [-0.39, 0.29) is 22.6 Å². The predicted octanol–water partition coefficient (Wildman–Crippen LogP) is 5.19. The van der Waals surface area contributed by atoms with Gasteiger partial charge in [-0.2, -0.15) is 0 Å². The number of nitrogens with one attached hydrogen (secondary N) is 1. The number of benzene rings is 3. The minimum atomic E-state index is -0.481. The SMILES string of the molecule is O=C(CCCn1c(SCCc2c[nH]c3ccccc23)nc2ccc(F)cc2c1=O)N1CCN(c2ccccc2O)CC1. The first-order valence-electron chi connectivity index (χ1n) is 14.2. The van der Waals surface area contributed by atoms with Crippen molar-refractivity contribution in [3.63, 3.8) is 0 Å². The van der Waals surface area contributed by atoms with Crippen LogP contribution in [0, 0.1) is 5.82 Å². The molecule has 5 aromatic rings. The molecule has 10 heteroatoms. The van der Waals surface area contributed by atoms with Crippen LogP contribution in [-0.4, -0.2) is 62.4 Å². The highest BCUT2D eigenvalue weighted by molar-refractivity contribution is 7.99. The van der Waals surface area contributed by atoms with Gasteiger partial charge in [-0.1, -0.05) is 42.1 Å². The molecule has 1 aliphatic rings. The van der Waals surface area contributed by atoms with Crippen molar-refractivity contribution in [2.45, 2.75) is 31.0 Å². The predicted molar refractivity (Wildman–Crippen MR) is 165 cm³/mol. The summed E-state index contributed by atoms with van der Waals surface area (Å²) in [4.78, 5) is 38.4. The molecule has 0 unspecified atom stereocenters. The number of aryl methyl sites for hydroxylation is 1. The van der Waals surface area contributed by atoms with Crippen molar-refractivity contribution in [2.75, 3.05) is 36.8 Å². The van der Waals surface area contributed by atoms with Gasteiger partial charge < -0.3 is 19.9 Å². The number of rotatable bonds is 9. The summed E-state index contributed by atoms with van der Waals surface area (Å²) < 4.78 is 15.6. The van der Waals surface area contributed by atoms with Crippen molar-refractivity contribution >= 4 is 45.2 Å². The van der Waals surface area contributed by atoms with Crippen molar-refractivity contribution in [1.82, 2.24) is 19.4 Å². The summed E-state index contributed by atoms with van der Waals surface area (Å²) in [7, 11) is 0. The van der Waals surface area contributed by atoms with E-state index in [1.807, 2.05) is 41.4 Å². The van der Waals surface area contributed by atoms with E-state index >= 15 is 0 Å². The average molecular weight is 586 g/mol. The van der Waals surface area contributed by atoms with E-state index in [0.29, 0.717) is 62.0 Å². The number of carbonyl (C=O) groups is 1. The van der Waals surface area contributed by atoms with Crippen LogP contribution in [0.5, 0.6) is 5.75 Å². The fourth-order valence-corrected chi connectivity index (χ4v) is 6.54. The number of nitrogens with zero attached hydrogens (tertiary/aromatic N) is 4. The average Bonchev–Trinajstić information content (AvgIpc) is 3.42. The number of phenols is 1. The molecular formula is C32H32FN5O3S. The van der Waals surface area contributed by atoms with Gasteiger partial charge in [0.1, 0.15) is 11.6 Å². The van der Waals surface area contributed by atoms with Gasteiger partial charge in [0.05, 0.1) is 16.6 Å². The Labute approximate surface area is 246 Å². The Kier molecular flexibility index (Phi) is 8.14. The Morgan fingerprint density at radius 3 is 2.62 bits per heavy atom. The van der Waals surface area contributed by atoms with E-state index in [1.165, 1.54) is 34.8 Å². The number of H-pyrrole nitrogens is 1. The fourth-order valence-electron chi connectivity index (χ4n) is 5.55. The number of carbonyl (C=O) groups excluding carboxylic acids is 1. The first-order valence-corrected chi connectivity index (χ1v) is 15.1. The van der Waals surface area contributed by atoms with Crippen LogP contribution in [0.3, 0.4) is 0 Å². The number of fused-ring (bicyclic) bond motifs is 2. The van der Waals surface area contributed by atoms with E-state index in [0.717, 1.165) is 17.6 Å². The molecule has 6 rings (SSSR count). The lowest BCUT2D eigenvalue weighted by atomic mass is 10.1. The zero-order valence-electron chi connectivity index (χ0n) is 23.1. The van der Waals surface area contributed by atoms with Crippen molar-refractivity contribution in [3.8, 4) is 5.75 Å². The quantitative estimate of drug-likeness (QED) is 0.183. The maximum atomic E-state index is 14.0. The molecule has 1 fully saturated rings. The third-order valence-corrected chi connectivity index (χ3v) is 8.76. The standard InChI is InChI=1S/C32H32FN5O3S/c33-23-11-12-27-25(20-23)31(41)38(32(35-27)42-19-13-22-21-34-26-7-2-1-6-24(22)26)14-5-10-30(40)37-17-15-36(16-18-37)28-8-3-4-9-29(28)39/h1-4,6-9,11-12,20-21,34,39H,5,10,13-19H2. The number of halogens is 1. The largest absolute Gasteiger partial charge is 0.506 e. The number of hydrogen-bond donors (Lipinski definition) is 2. The Balaban J connectivity index is 1.11. The van der Waals surface area contributed by atoms with E-state index in [9.17, 15) is 19.1 Å². The molecule has 0 bridgehead atoms. The van der Waals surface area contributed by atoms with Gasteiger partial charge in [0.2, 0.25) is 5.91 Å². The summed E-state index contributed by atoms with van der Waals surface area (Å²) in [5.74, 6) is 0.502. The molecule has 0 radical (unpaired) electrons. The summed E-state index contributed by atoms with van der Waals surface area (Å²) in [6.07, 6.45) is 3.57. The number of thioether (sulfide) groups is 1. The first kappa shape index (κ1) is 27.8. The minimum Gasteiger partial charge on any atom is -0.506 e. The number of hydrogen-bond acceptors (Lipinski definition) is 6. The van der Waals surface area contributed by atoms with Gasteiger partial charge in [-0.25, -0.2) is 9.37 Å². The third kappa shape index (κ3) is 5.85. The molecule has 216 valence electrons. The van der Waals surface area contributed by atoms with Crippen molar-refractivity contribution in [2.24, 2.45) is 0 Å². The van der Waals surface area contributed by atoms with Gasteiger partial charge in [-0.05, 0) is 54.8 Å². The Hall–Kier alpha value is -4.31. The molecule has 8 nitrogen and oxygen atoms in total. The molecule has 0 aliphatic carbocycles. The third-order valence-electron chi connectivity index (χ3n) is 7.79. The highest BCUT2D eigenvalue weighted by atomic mass is 32.2. The van der Waals surface area contributed by atoms with Crippen LogP contribution in [0.1, 0.15) is 18.4 Å². The Bertz CT molecular complexity index is 1790. The highest BCUT2D eigenvalue weighted by Crippen LogP contribution is 2.27.